The van der Waals surface area contributed by atoms with Gasteiger partial charge < -0.3 is 10.1 Å². The van der Waals surface area contributed by atoms with Crippen molar-refractivity contribution in [2.24, 2.45) is 0 Å². The first-order chi connectivity index (χ1) is 9.82. The minimum Gasteiger partial charge on any atom is -0.381 e. The minimum atomic E-state index is -0.666. The van der Waals surface area contributed by atoms with Gasteiger partial charge in [-0.2, -0.15) is 0 Å². The van der Waals surface area contributed by atoms with Crippen LogP contribution in [0.15, 0.2) is 12.1 Å². The number of nitrogens with one attached hydrogen (secondary N) is 1. The molecule has 1 aliphatic rings. The normalized spacial score (nSPS) is 17.3. The molecule has 1 aromatic carbocycles. The molecule has 0 bridgehead atoms. The van der Waals surface area contributed by atoms with Crippen LogP contribution in [0.5, 0.6) is 0 Å². The Kier molecular flexibility index (Phi) is 4.70. The molecule has 8 heteroatoms. The van der Waals surface area contributed by atoms with Gasteiger partial charge in [0, 0.05) is 30.4 Å². The van der Waals surface area contributed by atoms with E-state index in [0.29, 0.717) is 26.1 Å². The monoisotopic (exact) mass is 332 g/mol. The number of benzene rings is 1. The molecule has 1 saturated heterocycles. The van der Waals surface area contributed by atoms with Crippen LogP contribution in [0.1, 0.15) is 30.1 Å². The number of ether oxygens (including phenoxy) is 1. The quantitative estimate of drug-likeness (QED) is 0.680. The van der Waals surface area contributed by atoms with Crippen LogP contribution in [0.25, 0.3) is 0 Å². The van der Waals surface area contributed by atoms with Crippen LogP contribution in [0.2, 0.25) is 10.0 Å². The SMILES string of the molecule is CC1(NC(=O)c2cc(Cl)c(Cl)c([N+](=O)[O-])c2)CCOCC1. The molecule has 1 N–H and O–H groups in total. The van der Waals surface area contributed by atoms with Gasteiger partial charge >= 0.3 is 0 Å². The second-order valence-electron chi connectivity index (χ2n) is 5.18. The van der Waals surface area contributed by atoms with Crippen LogP contribution in [0.4, 0.5) is 5.69 Å². The Hall–Kier alpha value is -1.37. The van der Waals surface area contributed by atoms with Gasteiger partial charge in [0.05, 0.1) is 9.95 Å². The van der Waals surface area contributed by atoms with Gasteiger partial charge in [-0.25, -0.2) is 0 Å². The molecule has 0 atom stereocenters. The topological polar surface area (TPSA) is 81.5 Å². The zero-order chi connectivity index (χ0) is 15.6. The summed E-state index contributed by atoms with van der Waals surface area (Å²) in [5.41, 5.74) is -0.661. The van der Waals surface area contributed by atoms with Gasteiger partial charge in [-0.15, -0.1) is 0 Å². The van der Waals surface area contributed by atoms with Crippen molar-refractivity contribution in [2.75, 3.05) is 13.2 Å². The third-order valence-corrected chi connectivity index (χ3v) is 4.27. The van der Waals surface area contributed by atoms with E-state index >= 15 is 0 Å². The lowest BCUT2D eigenvalue weighted by molar-refractivity contribution is -0.384. The van der Waals surface area contributed by atoms with E-state index in [9.17, 15) is 14.9 Å². The molecule has 1 fully saturated rings. The van der Waals surface area contributed by atoms with Crippen LogP contribution < -0.4 is 5.32 Å². The molecule has 0 spiro atoms. The predicted octanol–water partition coefficient (Wildman–Crippen LogP) is 3.20. The zero-order valence-electron chi connectivity index (χ0n) is 11.3. The number of carbonyl (C=O) groups excluding carboxylic acids is 1. The number of rotatable bonds is 3. The Labute approximate surface area is 131 Å². The molecule has 2 rings (SSSR count). The highest BCUT2D eigenvalue weighted by molar-refractivity contribution is 6.43. The molecule has 1 aromatic rings. The van der Waals surface area contributed by atoms with E-state index in [1.807, 2.05) is 6.92 Å². The van der Waals surface area contributed by atoms with Crippen molar-refractivity contribution in [3.63, 3.8) is 0 Å². The number of carbonyl (C=O) groups is 1. The molecular formula is C13H14Cl2N2O4. The summed E-state index contributed by atoms with van der Waals surface area (Å²) in [7, 11) is 0. The van der Waals surface area contributed by atoms with E-state index in [-0.39, 0.29) is 21.3 Å². The van der Waals surface area contributed by atoms with Gasteiger partial charge in [-0.3, -0.25) is 14.9 Å². The summed E-state index contributed by atoms with van der Waals surface area (Å²) in [6.07, 6.45) is 1.37. The first kappa shape index (κ1) is 16.0. The molecule has 1 aliphatic heterocycles. The van der Waals surface area contributed by atoms with Crippen LogP contribution in [-0.2, 0) is 4.74 Å². The number of nitro groups is 1. The number of hydrogen-bond acceptors (Lipinski definition) is 4. The van der Waals surface area contributed by atoms with Gasteiger partial charge in [0.1, 0.15) is 5.02 Å². The molecule has 0 aromatic heterocycles. The van der Waals surface area contributed by atoms with Crippen LogP contribution in [-0.4, -0.2) is 29.6 Å². The Morgan fingerprint density at radius 1 is 1.38 bits per heavy atom. The maximum Gasteiger partial charge on any atom is 0.290 e. The van der Waals surface area contributed by atoms with Gasteiger partial charge in [-0.1, -0.05) is 23.2 Å². The maximum absolute atomic E-state index is 12.3. The van der Waals surface area contributed by atoms with Crippen LogP contribution in [0.3, 0.4) is 0 Å². The fourth-order valence-electron chi connectivity index (χ4n) is 2.13. The Bertz CT molecular complexity index is 586. The number of amides is 1. The summed E-state index contributed by atoms with van der Waals surface area (Å²) >= 11 is 11.6. The van der Waals surface area contributed by atoms with E-state index in [1.54, 1.807) is 0 Å². The first-order valence-corrected chi connectivity index (χ1v) is 7.12. The molecule has 21 heavy (non-hydrogen) atoms. The van der Waals surface area contributed by atoms with Crippen molar-refractivity contribution in [3.8, 4) is 0 Å². The van der Waals surface area contributed by atoms with Gasteiger partial charge in [0.2, 0.25) is 0 Å². The number of nitrogens with zero attached hydrogens (tertiary/aromatic N) is 1. The van der Waals surface area contributed by atoms with Crippen molar-refractivity contribution < 1.29 is 14.5 Å². The zero-order valence-corrected chi connectivity index (χ0v) is 12.8. The van der Waals surface area contributed by atoms with Gasteiger partial charge in [0.25, 0.3) is 11.6 Å². The van der Waals surface area contributed by atoms with Crippen molar-refractivity contribution >= 4 is 34.8 Å². The predicted molar refractivity (Wildman–Crippen MR) is 79.0 cm³/mol. The van der Waals surface area contributed by atoms with E-state index in [1.165, 1.54) is 6.07 Å². The van der Waals surface area contributed by atoms with Crippen molar-refractivity contribution in [1.82, 2.24) is 5.32 Å². The molecule has 1 amide bonds. The Morgan fingerprint density at radius 3 is 2.57 bits per heavy atom. The highest BCUT2D eigenvalue weighted by Gasteiger charge is 2.30. The summed E-state index contributed by atoms with van der Waals surface area (Å²) in [5.74, 6) is -0.416. The van der Waals surface area contributed by atoms with Crippen molar-refractivity contribution in [3.05, 3.63) is 37.9 Å². The summed E-state index contributed by atoms with van der Waals surface area (Å²) in [4.78, 5) is 22.5. The smallest absolute Gasteiger partial charge is 0.290 e. The molecule has 0 radical (unpaired) electrons. The fraction of sp³-hybridized carbons (Fsp3) is 0.462. The van der Waals surface area contributed by atoms with Crippen molar-refractivity contribution in [2.45, 2.75) is 25.3 Å². The number of hydrogen-bond donors (Lipinski definition) is 1. The molecular weight excluding hydrogens is 319 g/mol. The van der Waals surface area contributed by atoms with E-state index in [4.69, 9.17) is 27.9 Å². The lowest BCUT2D eigenvalue weighted by Gasteiger charge is -2.34. The Morgan fingerprint density at radius 2 is 2.00 bits per heavy atom. The molecule has 0 aliphatic carbocycles. The highest BCUT2D eigenvalue weighted by Crippen LogP contribution is 2.33. The maximum atomic E-state index is 12.3. The lowest BCUT2D eigenvalue weighted by Crippen LogP contribution is -2.49. The van der Waals surface area contributed by atoms with Gasteiger partial charge in [-0.05, 0) is 25.8 Å². The average Bonchev–Trinajstić information content (AvgIpc) is 2.41. The number of halogens is 2. The van der Waals surface area contributed by atoms with E-state index in [0.717, 1.165) is 6.07 Å². The summed E-state index contributed by atoms with van der Waals surface area (Å²) < 4.78 is 5.26. The standard InChI is InChI=1S/C13H14Cl2N2O4/c1-13(2-4-21-5-3-13)16-12(18)8-6-9(14)11(15)10(7-8)17(19)20/h6-7H,2-5H2,1H3,(H,16,18). The largest absolute Gasteiger partial charge is 0.381 e. The first-order valence-electron chi connectivity index (χ1n) is 6.36. The third-order valence-electron chi connectivity index (χ3n) is 3.48. The van der Waals surface area contributed by atoms with E-state index < -0.39 is 16.4 Å². The fourth-order valence-corrected chi connectivity index (χ4v) is 2.52. The second-order valence-corrected chi connectivity index (χ2v) is 5.96. The minimum absolute atomic E-state index is 0.0202. The van der Waals surface area contributed by atoms with Crippen LogP contribution >= 0.6 is 23.2 Å². The summed E-state index contributed by atoms with van der Waals surface area (Å²) in [5, 5.41) is 13.6. The lowest BCUT2D eigenvalue weighted by atomic mass is 9.92. The highest BCUT2D eigenvalue weighted by atomic mass is 35.5. The Balaban J connectivity index is 2.25. The molecule has 114 valence electrons. The van der Waals surface area contributed by atoms with E-state index in [2.05, 4.69) is 5.32 Å². The molecule has 1 heterocycles. The van der Waals surface area contributed by atoms with Crippen LogP contribution in [0, 0.1) is 10.1 Å². The van der Waals surface area contributed by atoms with Gasteiger partial charge in [0.15, 0.2) is 0 Å². The molecule has 0 unspecified atom stereocenters. The summed E-state index contributed by atoms with van der Waals surface area (Å²) in [6, 6.07) is 2.46. The molecule has 6 nitrogen and oxygen atoms in total. The second kappa shape index (κ2) is 6.17. The van der Waals surface area contributed by atoms with Crippen molar-refractivity contribution in [1.29, 1.82) is 0 Å². The number of nitro benzene ring substituents is 1. The average molecular weight is 333 g/mol. The summed E-state index contributed by atoms with van der Waals surface area (Å²) in [6.45, 7) is 3.05. The molecule has 0 saturated carbocycles. The third kappa shape index (κ3) is 3.64.